The average Bonchev–Trinajstić information content (AvgIpc) is 2.66. The summed E-state index contributed by atoms with van der Waals surface area (Å²) in [5, 5.41) is 10.8. The maximum absolute atomic E-state index is 11.6. The Morgan fingerprint density at radius 3 is 2.69 bits per heavy atom. The number of nitrogens with one attached hydrogen (secondary N) is 1. The van der Waals surface area contributed by atoms with Gasteiger partial charge in [0, 0.05) is 20.1 Å². The van der Waals surface area contributed by atoms with Crippen molar-refractivity contribution in [2.24, 2.45) is 7.05 Å². The van der Waals surface area contributed by atoms with Crippen molar-refractivity contribution < 1.29 is 4.79 Å². The maximum Gasteiger partial charge on any atom is 0.236 e. The minimum absolute atomic E-state index is 0.118. The molecule has 90 valence electrons. The molecular formula is C10H19N5O. The molecule has 0 saturated carbocycles. The Morgan fingerprint density at radius 2 is 2.19 bits per heavy atom. The summed E-state index contributed by atoms with van der Waals surface area (Å²) in [6.07, 6.45) is 1.64. The molecule has 1 rings (SSSR count). The average molecular weight is 225 g/mol. The minimum Gasteiger partial charge on any atom is -0.342 e. The third-order valence-corrected chi connectivity index (χ3v) is 2.48. The molecular weight excluding hydrogens is 206 g/mol. The monoisotopic (exact) mass is 225 g/mol. The van der Waals surface area contributed by atoms with Crippen molar-refractivity contribution in [2.75, 3.05) is 19.6 Å². The van der Waals surface area contributed by atoms with E-state index in [9.17, 15) is 4.79 Å². The highest BCUT2D eigenvalue weighted by Crippen LogP contribution is 1.91. The summed E-state index contributed by atoms with van der Waals surface area (Å²) in [4.78, 5) is 13.4. The zero-order valence-corrected chi connectivity index (χ0v) is 10.1. The van der Waals surface area contributed by atoms with Gasteiger partial charge in [-0.25, -0.2) is 0 Å². The van der Waals surface area contributed by atoms with Crippen molar-refractivity contribution in [3.8, 4) is 0 Å². The molecule has 6 heteroatoms. The molecule has 1 aromatic heterocycles. The van der Waals surface area contributed by atoms with Crippen LogP contribution in [-0.2, 0) is 18.4 Å². The molecule has 0 spiro atoms. The lowest BCUT2D eigenvalue weighted by molar-refractivity contribution is -0.129. The second-order valence-electron chi connectivity index (χ2n) is 3.53. The lowest BCUT2D eigenvalue weighted by atomic mass is 10.4. The fraction of sp³-hybridized carbons (Fsp3) is 0.700. The Kier molecular flexibility index (Phi) is 4.91. The van der Waals surface area contributed by atoms with Crippen LogP contribution in [0.2, 0.25) is 0 Å². The number of aromatic nitrogens is 3. The van der Waals surface area contributed by atoms with Crippen molar-refractivity contribution in [3.63, 3.8) is 0 Å². The number of rotatable bonds is 6. The van der Waals surface area contributed by atoms with E-state index in [0.717, 1.165) is 18.9 Å². The van der Waals surface area contributed by atoms with E-state index in [4.69, 9.17) is 0 Å². The van der Waals surface area contributed by atoms with Gasteiger partial charge in [0.05, 0.1) is 13.1 Å². The topological polar surface area (TPSA) is 63.1 Å². The van der Waals surface area contributed by atoms with Gasteiger partial charge in [0.1, 0.15) is 12.2 Å². The molecule has 1 N–H and O–H groups in total. The van der Waals surface area contributed by atoms with Gasteiger partial charge in [0.25, 0.3) is 0 Å². The van der Waals surface area contributed by atoms with Crippen LogP contribution in [0.4, 0.5) is 0 Å². The molecule has 0 atom stereocenters. The van der Waals surface area contributed by atoms with E-state index in [0.29, 0.717) is 13.1 Å². The molecule has 0 unspecified atom stereocenters. The molecule has 0 fully saturated rings. The van der Waals surface area contributed by atoms with E-state index >= 15 is 0 Å². The highest BCUT2D eigenvalue weighted by molar-refractivity contribution is 5.78. The van der Waals surface area contributed by atoms with Crippen molar-refractivity contribution in [1.29, 1.82) is 0 Å². The summed E-state index contributed by atoms with van der Waals surface area (Å²) in [6.45, 7) is 6.36. The molecule has 0 saturated heterocycles. The number of hydrogen-bond donors (Lipinski definition) is 1. The smallest absolute Gasteiger partial charge is 0.236 e. The van der Waals surface area contributed by atoms with E-state index < -0.39 is 0 Å². The summed E-state index contributed by atoms with van der Waals surface area (Å²) in [7, 11) is 1.88. The zero-order chi connectivity index (χ0) is 12.0. The van der Waals surface area contributed by atoms with Gasteiger partial charge < -0.3 is 14.8 Å². The van der Waals surface area contributed by atoms with Crippen LogP contribution in [0.25, 0.3) is 0 Å². The molecule has 0 aliphatic carbocycles. The van der Waals surface area contributed by atoms with Gasteiger partial charge in [0.2, 0.25) is 5.91 Å². The molecule has 0 aliphatic heterocycles. The molecule has 0 aliphatic rings. The number of carbonyl (C=O) groups is 1. The van der Waals surface area contributed by atoms with Crippen LogP contribution in [0.5, 0.6) is 0 Å². The first kappa shape index (κ1) is 12.6. The summed E-state index contributed by atoms with van der Waals surface area (Å²) in [5.74, 6) is 0.944. The molecule has 0 bridgehead atoms. The largest absolute Gasteiger partial charge is 0.342 e. The van der Waals surface area contributed by atoms with Crippen molar-refractivity contribution in [3.05, 3.63) is 12.2 Å². The molecule has 0 aromatic carbocycles. The molecule has 16 heavy (non-hydrogen) atoms. The van der Waals surface area contributed by atoms with Crippen molar-refractivity contribution in [1.82, 2.24) is 25.0 Å². The highest BCUT2D eigenvalue weighted by Gasteiger charge is 2.09. The minimum atomic E-state index is 0.118. The van der Waals surface area contributed by atoms with Crippen molar-refractivity contribution >= 4 is 5.91 Å². The van der Waals surface area contributed by atoms with Gasteiger partial charge in [-0.3, -0.25) is 4.79 Å². The predicted octanol–water partition coefficient (Wildman–Crippen LogP) is -0.227. The van der Waals surface area contributed by atoms with Crippen LogP contribution < -0.4 is 5.32 Å². The fourth-order valence-electron chi connectivity index (χ4n) is 1.44. The third kappa shape index (κ3) is 3.30. The van der Waals surface area contributed by atoms with Gasteiger partial charge in [-0.05, 0) is 13.8 Å². The van der Waals surface area contributed by atoms with Gasteiger partial charge in [-0.15, -0.1) is 10.2 Å². The van der Waals surface area contributed by atoms with Gasteiger partial charge in [-0.1, -0.05) is 0 Å². The van der Waals surface area contributed by atoms with Crippen molar-refractivity contribution in [2.45, 2.75) is 20.4 Å². The molecule has 1 aromatic rings. The Hall–Kier alpha value is -1.43. The second kappa shape index (κ2) is 6.22. The molecule has 6 nitrogen and oxygen atoms in total. The third-order valence-electron chi connectivity index (χ3n) is 2.48. The molecule has 1 heterocycles. The first-order valence-corrected chi connectivity index (χ1v) is 5.50. The zero-order valence-electron chi connectivity index (χ0n) is 10.1. The van der Waals surface area contributed by atoms with E-state index in [1.54, 1.807) is 11.2 Å². The van der Waals surface area contributed by atoms with Gasteiger partial charge in [0.15, 0.2) is 0 Å². The number of amides is 1. The Balaban J connectivity index is 2.30. The number of hydrogen-bond acceptors (Lipinski definition) is 4. The summed E-state index contributed by atoms with van der Waals surface area (Å²) in [6, 6.07) is 0. The van der Waals surface area contributed by atoms with E-state index in [1.165, 1.54) is 0 Å². The van der Waals surface area contributed by atoms with Gasteiger partial charge in [-0.2, -0.15) is 0 Å². The molecule has 1 amide bonds. The Morgan fingerprint density at radius 1 is 1.50 bits per heavy atom. The molecule has 0 radical (unpaired) electrons. The first-order valence-electron chi connectivity index (χ1n) is 5.50. The summed E-state index contributed by atoms with van der Waals surface area (Å²) in [5.41, 5.74) is 0. The maximum atomic E-state index is 11.6. The highest BCUT2D eigenvalue weighted by atomic mass is 16.2. The number of carbonyl (C=O) groups excluding carboxylic acids is 1. The lowest BCUT2D eigenvalue weighted by Crippen LogP contribution is -2.37. The normalized spacial score (nSPS) is 10.4. The fourth-order valence-corrected chi connectivity index (χ4v) is 1.44. The van der Waals surface area contributed by atoms with Crippen LogP contribution in [0, 0.1) is 0 Å². The van der Waals surface area contributed by atoms with Crippen LogP contribution in [0.1, 0.15) is 19.7 Å². The number of nitrogens with zero attached hydrogens (tertiary/aromatic N) is 4. The quantitative estimate of drug-likeness (QED) is 0.726. The number of likely N-dealkylation sites (N-methyl/N-ethyl adjacent to an activating group) is 1. The summed E-state index contributed by atoms with van der Waals surface area (Å²) < 4.78 is 1.83. The Labute approximate surface area is 95.6 Å². The van der Waals surface area contributed by atoms with Crippen LogP contribution in [0.15, 0.2) is 6.33 Å². The van der Waals surface area contributed by atoms with Crippen LogP contribution >= 0.6 is 0 Å². The van der Waals surface area contributed by atoms with E-state index in [1.807, 2.05) is 25.5 Å². The standard InChI is InChI=1S/C10H19N5O/c1-4-15(5-2)10(16)7-11-6-9-13-12-8-14(9)3/h8,11H,4-7H2,1-3H3. The van der Waals surface area contributed by atoms with Crippen LogP contribution in [0.3, 0.4) is 0 Å². The number of aryl methyl sites for hydroxylation is 1. The van der Waals surface area contributed by atoms with Gasteiger partial charge >= 0.3 is 0 Å². The van der Waals surface area contributed by atoms with E-state index in [-0.39, 0.29) is 5.91 Å². The van der Waals surface area contributed by atoms with E-state index in [2.05, 4.69) is 15.5 Å². The Bertz CT molecular complexity index is 332. The predicted molar refractivity (Wildman–Crippen MR) is 60.6 cm³/mol. The van der Waals surface area contributed by atoms with Crippen LogP contribution in [-0.4, -0.2) is 45.2 Å². The lowest BCUT2D eigenvalue weighted by Gasteiger charge is -2.18. The first-order chi connectivity index (χ1) is 7.69. The summed E-state index contributed by atoms with van der Waals surface area (Å²) >= 11 is 0. The SMILES string of the molecule is CCN(CC)C(=O)CNCc1nncn1C. The second-order valence-corrected chi connectivity index (χ2v) is 3.53.